The van der Waals surface area contributed by atoms with Crippen LogP contribution < -0.4 is 0 Å². The van der Waals surface area contributed by atoms with Gasteiger partial charge in [-0.1, -0.05) is 219 Å². The lowest BCUT2D eigenvalue weighted by Gasteiger charge is -2.30. The Bertz CT molecular complexity index is 3810. The fourth-order valence-electron chi connectivity index (χ4n) is 11.1. The van der Waals surface area contributed by atoms with Crippen molar-refractivity contribution in [3.05, 3.63) is 271 Å². The van der Waals surface area contributed by atoms with Crippen LogP contribution in [0.4, 0.5) is 0 Å². The summed E-state index contributed by atoms with van der Waals surface area (Å²) in [6, 6.07) is 75.4. The van der Waals surface area contributed by atoms with Gasteiger partial charge >= 0.3 is 0 Å². The molecule has 13 rings (SSSR count). The third-order valence-corrected chi connectivity index (χ3v) is 14.1. The average molecular weight is 882 g/mol. The van der Waals surface area contributed by atoms with Gasteiger partial charge in [-0.15, -0.1) is 0 Å². The maximum atomic E-state index is 6.49. The molecule has 0 unspecified atom stereocenters. The minimum Gasteiger partial charge on any atom is -0.456 e. The third-order valence-electron chi connectivity index (χ3n) is 14.1. The zero-order valence-electron chi connectivity index (χ0n) is 37.9. The van der Waals surface area contributed by atoms with Gasteiger partial charge in [-0.25, -0.2) is 15.0 Å². The van der Waals surface area contributed by atoms with E-state index in [9.17, 15) is 0 Å². The van der Waals surface area contributed by atoms with Gasteiger partial charge in [-0.2, -0.15) is 0 Å². The second kappa shape index (κ2) is 16.1. The van der Waals surface area contributed by atoms with Gasteiger partial charge in [0.15, 0.2) is 17.5 Å². The Morgan fingerprint density at radius 1 is 0.464 bits per heavy atom. The van der Waals surface area contributed by atoms with Crippen LogP contribution in [-0.2, 0) is 5.41 Å². The zero-order valence-corrected chi connectivity index (χ0v) is 37.9. The predicted molar refractivity (Wildman–Crippen MR) is 283 cm³/mol. The summed E-state index contributed by atoms with van der Waals surface area (Å²) in [5.41, 5.74) is 21.2. The smallest absolute Gasteiger partial charge is 0.164 e. The minimum atomic E-state index is -0.402. The molecule has 4 nitrogen and oxygen atoms in total. The summed E-state index contributed by atoms with van der Waals surface area (Å²) >= 11 is 0. The van der Waals surface area contributed by atoms with E-state index in [0.29, 0.717) is 17.5 Å². The molecule has 0 atom stereocenters. The first kappa shape index (κ1) is 40.3. The molecule has 0 bridgehead atoms. The number of benzene rings is 9. The van der Waals surface area contributed by atoms with Crippen LogP contribution in [0.25, 0.3) is 101 Å². The standard InChI is InChI=1S/C65H43N3O/c1-3-18-47(48-26-16-31-57-60(48)51-25-12-15-30-56(51)65(57)54-28-13-10-23-49(54)50-24-11-14-29-55(50)65)39-41(2)42-33-35-43(36-34-42)46-37-38-58-53(40-46)61-52(27-17-32-59(61)69-58)64-67-62(44-19-6-4-7-20-44)66-63(68-64)45-21-8-5-9-22-45/h3-40H,1H2,2H3/b41-39+,47-18+. The van der Waals surface area contributed by atoms with E-state index in [0.717, 1.165) is 66.5 Å². The minimum absolute atomic E-state index is 0.402. The van der Waals surface area contributed by atoms with Crippen LogP contribution in [0.15, 0.2) is 242 Å². The molecule has 0 saturated heterocycles. The average Bonchev–Trinajstić information content (AvgIpc) is 4.05. The van der Waals surface area contributed by atoms with Crippen LogP contribution in [0, 0.1) is 0 Å². The molecule has 1 spiro atoms. The number of furan rings is 1. The van der Waals surface area contributed by atoms with E-state index >= 15 is 0 Å². The number of hydrogen-bond donors (Lipinski definition) is 0. The lowest BCUT2D eigenvalue weighted by atomic mass is 9.70. The first-order chi connectivity index (χ1) is 34.1. The third kappa shape index (κ3) is 6.33. The molecule has 0 fully saturated rings. The van der Waals surface area contributed by atoms with E-state index in [4.69, 9.17) is 19.4 Å². The Hall–Kier alpha value is -8.99. The molecular weight excluding hydrogens is 839 g/mol. The highest BCUT2D eigenvalue weighted by atomic mass is 16.3. The number of allylic oxidation sites excluding steroid dienone is 5. The molecular formula is C65H43N3O. The zero-order chi connectivity index (χ0) is 46.1. The highest BCUT2D eigenvalue weighted by molar-refractivity contribution is 6.13. The lowest BCUT2D eigenvalue weighted by molar-refractivity contribution is 0.669. The van der Waals surface area contributed by atoms with Crippen molar-refractivity contribution in [3.8, 4) is 67.5 Å². The molecule has 0 N–H and O–H groups in total. The molecule has 69 heavy (non-hydrogen) atoms. The summed E-state index contributed by atoms with van der Waals surface area (Å²) in [5, 5.41) is 1.97. The van der Waals surface area contributed by atoms with Crippen molar-refractivity contribution in [2.45, 2.75) is 12.3 Å². The molecule has 2 aromatic heterocycles. The normalized spacial score (nSPS) is 13.3. The number of hydrogen-bond acceptors (Lipinski definition) is 4. The van der Waals surface area contributed by atoms with Gasteiger partial charge < -0.3 is 4.42 Å². The van der Waals surface area contributed by atoms with E-state index in [-0.39, 0.29) is 0 Å². The summed E-state index contributed by atoms with van der Waals surface area (Å²) in [4.78, 5) is 15.1. The van der Waals surface area contributed by atoms with Crippen LogP contribution in [0.1, 0.15) is 40.3 Å². The highest BCUT2D eigenvalue weighted by Gasteiger charge is 2.52. The number of aromatic nitrogens is 3. The predicted octanol–water partition coefficient (Wildman–Crippen LogP) is 16.5. The van der Waals surface area contributed by atoms with Crippen molar-refractivity contribution in [1.82, 2.24) is 15.0 Å². The van der Waals surface area contributed by atoms with E-state index in [1.807, 2.05) is 78.9 Å². The monoisotopic (exact) mass is 881 g/mol. The fraction of sp³-hybridized carbons (Fsp3) is 0.0308. The molecule has 4 heteroatoms. The maximum absolute atomic E-state index is 6.49. The van der Waals surface area contributed by atoms with Crippen LogP contribution in [0.5, 0.6) is 0 Å². The van der Waals surface area contributed by atoms with Crippen molar-refractivity contribution in [1.29, 1.82) is 0 Å². The van der Waals surface area contributed by atoms with E-state index in [2.05, 4.69) is 165 Å². The fourth-order valence-corrected chi connectivity index (χ4v) is 11.1. The van der Waals surface area contributed by atoms with Crippen molar-refractivity contribution in [3.63, 3.8) is 0 Å². The lowest BCUT2D eigenvalue weighted by Crippen LogP contribution is -2.25. The highest BCUT2D eigenvalue weighted by Crippen LogP contribution is 2.63. The second-order valence-corrected chi connectivity index (χ2v) is 17.9. The Labute approximate surface area is 401 Å². The quantitative estimate of drug-likeness (QED) is 0.143. The van der Waals surface area contributed by atoms with Crippen LogP contribution in [0.3, 0.4) is 0 Å². The molecule has 9 aromatic carbocycles. The summed E-state index contributed by atoms with van der Waals surface area (Å²) in [6.07, 6.45) is 6.37. The molecule has 0 radical (unpaired) electrons. The van der Waals surface area contributed by atoms with E-state index in [1.54, 1.807) is 0 Å². The van der Waals surface area contributed by atoms with Crippen molar-refractivity contribution in [2.75, 3.05) is 0 Å². The molecule has 0 amide bonds. The summed E-state index contributed by atoms with van der Waals surface area (Å²) in [6.45, 7) is 6.39. The van der Waals surface area contributed by atoms with Gasteiger partial charge in [0.1, 0.15) is 11.2 Å². The summed E-state index contributed by atoms with van der Waals surface area (Å²) in [7, 11) is 0. The Kier molecular flexibility index (Phi) is 9.41. The number of fused-ring (bicyclic) bond motifs is 13. The van der Waals surface area contributed by atoms with E-state index in [1.165, 1.54) is 50.1 Å². The second-order valence-electron chi connectivity index (χ2n) is 17.9. The van der Waals surface area contributed by atoms with Gasteiger partial charge in [-0.3, -0.25) is 0 Å². The van der Waals surface area contributed by atoms with Crippen LogP contribution in [-0.4, -0.2) is 15.0 Å². The summed E-state index contributed by atoms with van der Waals surface area (Å²) in [5.74, 6) is 1.83. The largest absolute Gasteiger partial charge is 0.456 e. The number of rotatable bonds is 8. The first-order valence-corrected chi connectivity index (χ1v) is 23.5. The van der Waals surface area contributed by atoms with Gasteiger partial charge in [0.25, 0.3) is 0 Å². The number of nitrogens with zero attached hydrogens (tertiary/aromatic N) is 3. The van der Waals surface area contributed by atoms with Gasteiger partial charge in [-0.05, 0) is 103 Å². The van der Waals surface area contributed by atoms with Crippen molar-refractivity contribution < 1.29 is 4.42 Å². The molecule has 11 aromatic rings. The van der Waals surface area contributed by atoms with E-state index < -0.39 is 5.41 Å². The Morgan fingerprint density at radius 2 is 1.00 bits per heavy atom. The molecule has 324 valence electrons. The summed E-state index contributed by atoms with van der Waals surface area (Å²) < 4.78 is 6.49. The molecule has 2 aliphatic carbocycles. The van der Waals surface area contributed by atoms with Gasteiger partial charge in [0, 0.05) is 27.5 Å². The molecule has 2 aliphatic rings. The van der Waals surface area contributed by atoms with Gasteiger partial charge in [0.2, 0.25) is 0 Å². The van der Waals surface area contributed by atoms with Crippen molar-refractivity contribution in [2.24, 2.45) is 0 Å². The SMILES string of the molecule is C=C/C=C(\C=C(/C)c1ccc(-c2ccc3oc4cccc(-c5nc(-c6ccccc6)nc(-c6ccccc6)n5)c4c3c2)cc1)c1cccc2c1-c1ccccc1C21c2ccccc2-c2ccccc21. The van der Waals surface area contributed by atoms with Crippen molar-refractivity contribution >= 4 is 33.1 Å². The maximum Gasteiger partial charge on any atom is 0.164 e. The topological polar surface area (TPSA) is 51.8 Å². The Morgan fingerprint density at radius 3 is 1.65 bits per heavy atom. The first-order valence-electron chi connectivity index (χ1n) is 23.5. The van der Waals surface area contributed by atoms with Gasteiger partial charge in [0.05, 0.1) is 5.41 Å². The van der Waals surface area contributed by atoms with Crippen LogP contribution in [0.2, 0.25) is 0 Å². The Balaban J connectivity index is 0.873. The molecule has 0 aliphatic heterocycles. The van der Waals surface area contributed by atoms with Crippen LogP contribution >= 0.6 is 0 Å². The molecule has 2 heterocycles. The molecule has 0 saturated carbocycles.